The van der Waals surface area contributed by atoms with Crippen LogP contribution in [0.3, 0.4) is 0 Å². The molecule has 0 saturated heterocycles. The Kier molecular flexibility index (Phi) is 13.6. The molecule has 172 valence electrons. The molecule has 1 aromatic rings. The second-order valence-corrected chi connectivity index (χ2v) is 8.95. The first-order valence-electron chi connectivity index (χ1n) is 9.96. The summed E-state index contributed by atoms with van der Waals surface area (Å²) in [7, 11) is -3.51. The maximum Gasteiger partial charge on any atom is 0.293 e. The number of aliphatic imine (C=N–C) groups is 1. The first-order chi connectivity index (χ1) is 13.7. The van der Waals surface area contributed by atoms with Crippen molar-refractivity contribution in [2.24, 2.45) is 4.99 Å². The number of nitrogens with zero attached hydrogens (tertiary/aromatic N) is 2. The van der Waals surface area contributed by atoms with Crippen LogP contribution in [0.25, 0.3) is 0 Å². The summed E-state index contributed by atoms with van der Waals surface area (Å²) >= 11 is 0. The predicted molar refractivity (Wildman–Crippen MR) is 133 cm³/mol. The van der Waals surface area contributed by atoms with E-state index in [1.807, 2.05) is 6.92 Å². The van der Waals surface area contributed by atoms with Crippen LogP contribution in [0, 0.1) is 10.1 Å². The number of guanidine groups is 1. The van der Waals surface area contributed by atoms with Crippen molar-refractivity contribution in [1.29, 1.82) is 0 Å². The number of benzene rings is 1. The zero-order valence-corrected chi connectivity index (χ0v) is 21.2. The Labute approximate surface area is 196 Å². The van der Waals surface area contributed by atoms with Crippen LogP contribution in [0.4, 0.5) is 11.4 Å². The van der Waals surface area contributed by atoms with E-state index in [0.29, 0.717) is 25.1 Å². The lowest BCUT2D eigenvalue weighted by Gasteiger charge is -2.17. The van der Waals surface area contributed by atoms with Crippen molar-refractivity contribution in [3.63, 3.8) is 0 Å². The summed E-state index contributed by atoms with van der Waals surface area (Å²) in [6.45, 7) is 7.80. The normalized spacial score (nSPS) is 12.6. The Hall–Kier alpha value is -1.63. The number of hydrogen-bond donors (Lipinski definition) is 3. The number of halogens is 1. The molecule has 0 heterocycles. The molecule has 0 fully saturated rings. The standard InChI is InChI=1S/C19H33N5O4S.HI/c1-5-7-8-9-15(3)23-19(20-6-2)22-13-12-21-17-11-10-16(29(4,27)28)14-18(17)24(25)26;/h10-11,14-15,21H,5-9,12-13H2,1-4H3,(H2,20,22,23);1H. The van der Waals surface area contributed by atoms with Crippen LogP contribution in [-0.2, 0) is 9.84 Å². The Balaban J connectivity index is 0.00000841. The number of hydrogen-bond acceptors (Lipinski definition) is 6. The number of nitrogens with one attached hydrogen (secondary N) is 3. The summed E-state index contributed by atoms with van der Waals surface area (Å²) < 4.78 is 23.2. The molecule has 1 unspecified atom stereocenters. The van der Waals surface area contributed by atoms with Gasteiger partial charge < -0.3 is 16.0 Å². The van der Waals surface area contributed by atoms with Gasteiger partial charge in [0.1, 0.15) is 5.69 Å². The number of rotatable bonds is 12. The molecule has 0 saturated carbocycles. The lowest BCUT2D eigenvalue weighted by Crippen LogP contribution is -2.42. The molecule has 0 radical (unpaired) electrons. The lowest BCUT2D eigenvalue weighted by molar-refractivity contribution is -0.384. The van der Waals surface area contributed by atoms with Gasteiger partial charge in [0.15, 0.2) is 15.8 Å². The smallest absolute Gasteiger partial charge is 0.293 e. The van der Waals surface area contributed by atoms with Crippen molar-refractivity contribution in [3.8, 4) is 0 Å². The molecule has 30 heavy (non-hydrogen) atoms. The number of nitro groups is 1. The quantitative estimate of drug-likeness (QED) is 0.0900. The average Bonchev–Trinajstić information content (AvgIpc) is 2.64. The largest absolute Gasteiger partial charge is 0.378 e. The Morgan fingerprint density at radius 3 is 2.53 bits per heavy atom. The van der Waals surface area contributed by atoms with E-state index in [-0.39, 0.29) is 40.2 Å². The Morgan fingerprint density at radius 2 is 1.97 bits per heavy atom. The maximum absolute atomic E-state index is 11.6. The van der Waals surface area contributed by atoms with Crippen molar-refractivity contribution in [2.45, 2.75) is 57.4 Å². The number of unbranched alkanes of at least 4 members (excludes halogenated alkanes) is 2. The summed E-state index contributed by atoms with van der Waals surface area (Å²) in [5.41, 5.74) is -0.00465. The third-order valence-electron chi connectivity index (χ3n) is 4.26. The first kappa shape index (κ1) is 28.4. The molecule has 0 aliphatic carbocycles. The molecule has 11 heteroatoms. The second kappa shape index (κ2) is 14.4. The molecule has 9 nitrogen and oxygen atoms in total. The molecule has 3 N–H and O–H groups in total. The van der Waals surface area contributed by atoms with E-state index in [9.17, 15) is 18.5 Å². The fraction of sp³-hybridized carbons (Fsp3) is 0.632. The van der Waals surface area contributed by atoms with Crippen molar-refractivity contribution in [3.05, 3.63) is 28.3 Å². The van der Waals surface area contributed by atoms with Crippen LogP contribution in [0.1, 0.15) is 46.5 Å². The molecule has 0 aromatic heterocycles. The molecule has 0 aliphatic rings. The van der Waals surface area contributed by atoms with Crippen LogP contribution in [0.15, 0.2) is 28.1 Å². The molecule has 1 rings (SSSR count). The van der Waals surface area contributed by atoms with Crippen molar-refractivity contribution >= 4 is 51.1 Å². The molecule has 0 amide bonds. The van der Waals surface area contributed by atoms with Crippen LogP contribution in [-0.4, -0.2) is 51.2 Å². The monoisotopic (exact) mass is 555 g/mol. The minimum Gasteiger partial charge on any atom is -0.378 e. The molecule has 1 atom stereocenters. The minimum absolute atomic E-state index is 0. The molecule has 1 aromatic carbocycles. The van der Waals surface area contributed by atoms with E-state index in [1.165, 1.54) is 31.4 Å². The highest BCUT2D eigenvalue weighted by atomic mass is 127. The van der Waals surface area contributed by atoms with Gasteiger partial charge in [0.2, 0.25) is 0 Å². The van der Waals surface area contributed by atoms with Crippen LogP contribution < -0.4 is 16.0 Å². The third-order valence-corrected chi connectivity index (χ3v) is 5.37. The molecular formula is C19H34IN5O4S. The topological polar surface area (TPSA) is 126 Å². The van der Waals surface area contributed by atoms with E-state index in [4.69, 9.17) is 0 Å². The van der Waals surface area contributed by atoms with E-state index < -0.39 is 14.8 Å². The maximum atomic E-state index is 11.6. The van der Waals surface area contributed by atoms with Crippen molar-refractivity contribution < 1.29 is 13.3 Å². The zero-order valence-electron chi connectivity index (χ0n) is 18.1. The summed E-state index contributed by atoms with van der Waals surface area (Å²) in [6, 6.07) is 4.15. The van der Waals surface area contributed by atoms with E-state index in [0.717, 1.165) is 25.3 Å². The predicted octanol–water partition coefficient (Wildman–Crippen LogP) is 3.55. The highest BCUT2D eigenvalue weighted by molar-refractivity contribution is 14.0. The van der Waals surface area contributed by atoms with Gasteiger partial charge in [-0.15, -0.1) is 24.0 Å². The van der Waals surface area contributed by atoms with Gasteiger partial charge in [0.25, 0.3) is 5.69 Å². The molecule has 0 spiro atoms. The SMILES string of the molecule is CCCCCC(C)NC(=NCCNc1ccc(S(C)(=O)=O)cc1[N+](=O)[O-])NCC.I. The second-order valence-electron chi connectivity index (χ2n) is 6.94. The van der Waals surface area contributed by atoms with Crippen LogP contribution in [0.5, 0.6) is 0 Å². The third kappa shape index (κ3) is 10.4. The highest BCUT2D eigenvalue weighted by Crippen LogP contribution is 2.27. The van der Waals surface area contributed by atoms with Gasteiger partial charge >= 0.3 is 0 Å². The van der Waals surface area contributed by atoms with E-state index in [1.54, 1.807) is 0 Å². The zero-order chi connectivity index (χ0) is 21.9. The number of nitro benzene ring substituents is 1. The summed E-state index contributed by atoms with van der Waals surface area (Å²) in [6.07, 6.45) is 5.64. The Morgan fingerprint density at radius 1 is 1.27 bits per heavy atom. The number of anilines is 1. The van der Waals surface area contributed by atoms with Gasteiger partial charge in [0.05, 0.1) is 16.4 Å². The Bertz CT molecular complexity index is 802. The molecular weight excluding hydrogens is 521 g/mol. The summed E-state index contributed by atoms with van der Waals surface area (Å²) in [5, 5.41) is 20.8. The van der Waals surface area contributed by atoms with Gasteiger partial charge in [-0.2, -0.15) is 0 Å². The van der Waals surface area contributed by atoms with Gasteiger partial charge in [-0.1, -0.05) is 26.2 Å². The van der Waals surface area contributed by atoms with E-state index >= 15 is 0 Å². The highest BCUT2D eigenvalue weighted by Gasteiger charge is 2.18. The van der Waals surface area contributed by atoms with Crippen molar-refractivity contribution in [2.75, 3.05) is 31.2 Å². The van der Waals surface area contributed by atoms with Gasteiger partial charge in [-0.25, -0.2) is 8.42 Å². The van der Waals surface area contributed by atoms with E-state index in [2.05, 4.69) is 34.8 Å². The molecule has 0 bridgehead atoms. The van der Waals surface area contributed by atoms with Crippen molar-refractivity contribution in [1.82, 2.24) is 10.6 Å². The van der Waals surface area contributed by atoms with Crippen LogP contribution in [0.2, 0.25) is 0 Å². The lowest BCUT2D eigenvalue weighted by atomic mass is 10.1. The summed E-state index contributed by atoms with van der Waals surface area (Å²) in [4.78, 5) is 15.1. The van der Waals surface area contributed by atoms with Crippen LogP contribution >= 0.6 is 24.0 Å². The fourth-order valence-corrected chi connectivity index (χ4v) is 3.37. The minimum atomic E-state index is -3.51. The van der Waals surface area contributed by atoms with Gasteiger partial charge in [-0.3, -0.25) is 15.1 Å². The number of sulfone groups is 1. The summed E-state index contributed by atoms with van der Waals surface area (Å²) in [5.74, 6) is 0.709. The first-order valence-corrected chi connectivity index (χ1v) is 11.8. The van der Waals surface area contributed by atoms with Gasteiger partial charge in [-0.05, 0) is 32.4 Å². The van der Waals surface area contributed by atoms with Gasteiger partial charge in [0, 0.05) is 31.5 Å². The average molecular weight is 555 g/mol. The molecule has 0 aliphatic heterocycles. The fourth-order valence-electron chi connectivity index (χ4n) is 2.73.